The van der Waals surface area contributed by atoms with Gasteiger partial charge in [0.05, 0.1) is 5.69 Å². The Bertz CT molecular complexity index is 523. The number of para-hydroxylation sites is 1. The van der Waals surface area contributed by atoms with Crippen molar-refractivity contribution in [3.05, 3.63) is 39.7 Å². The molecule has 0 spiro atoms. The highest BCUT2D eigenvalue weighted by Gasteiger charge is 2.08. The molecule has 0 bridgehead atoms. The summed E-state index contributed by atoms with van der Waals surface area (Å²) in [6.07, 6.45) is 0. The van der Waals surface area contributed by atoms with Gasteiger partial charge in [-0.2, -0.15) is 4.98 Å². The van der Waals surface area contributed by atoms with E-state index < -0.39 is 5.82 Å². The highest BCUT2D eigenvalue weighted by atomic mass is 79.9. The topological polar surface area (TPSA) is 63.8 Å². The molecule has 0 radical (unpaired) electrons. The number of nitrogen functional groups attached to an aromatic ring is 1. The van der Waals surface area contributed by atoms with E-state index in [0.717, 1.165) is 0 Å². The first-order valence-corrected chi connectivity index (χ1v) is 5.74. The molecule has 0 amide bonds. The molecule has 0 aliphatic heterocycles. The Morgan fingerprint density at radius 1 is 1.35 bits per heavy atom. The molecule has 0 saturated carbocycles. The number of benzene rings is 1. The number of anilines is 3. The number of nitrogens with one attached hydrogen (secondary N) is 1. The molecule has 1 aromatic carbocycles. The summed E-state index contributed by atoms with van der Waals surface area (Å²) in [7, 11) is 0. The van der Waals surface area contributed by atoms with Gasteiger partial charge in [0.25, 0.3) is 0 Å². The van der Waals surface area contributed by atoms with E-state index in [2.05, 4.69) is 31.2 Å². The second-order valence-corrected chi connectivity index (χ2v) is 4.40. The van der Waals surface area contributed by atoms with Crippen LogP contribution in [0.3, 0.4) is 0 Å². The van der Waals surface area contributed by atoms with E-state index in [4.69, 9.17) is 17.3 Å². The average molecular weight is 318 g/mol. The van der Waals surface area contributed by atoms with Crippen LogP contribution in [0.2, 0.25) is 5.15 Å². The van der Waals surface area contributed by atoms with Gasteiger partial charge in [0, 0.05) is 10.5 Å². The molecule has 17 heavy (non-hydrogen) atoms. The number of hydrogen-bond donors (Lipinski definition) is 2. The van der Waals surface area contributed by atoms with Gasteiger partial charge < -0.3 is 11.1 Å². The van der Waals surface area contributed by atoms with Crippen molar-refractivity contribution in [2.75, 3.05) is 11.1 Å². The first kappa shape index (κ1) is 12.1. The van der Waals surface area contributed by atoms with Crippen molar-refractivity contribution in [2.24, 2.45) is 0 Å². The Morgan fingerprint density at radius 3 is 2.76 bits per heavy atom. The van der Waals surface area contributed by atoms with E-state index in [1.807, 2.05) is 0 Å². The third-order valence-corrected chi connectivity index (χ3v) is 2.78. The van der Waals surface area contributed by atoms with Crippen LogP contribution >= 0.6 is 27.5 Å². The molecule has 1 heterocycles. The van der Waals surface area contributed by atoms with Crippen molar-refractivity contribution in [3.63, 3.8) is 0 Å². The summed E-state index contributed by atoms with van der Waals surface area (Å²) in [6, 6.07) is 6.08. The predicted octanol–water partition coefficient (Wildman–Crippen LogP) is 3.36. The first-order valence-electron chi connectivity index (χ1n) is 4.57. The molecule has 0 aliphatic rings. The zero-order valence-electron chi connectivity index (χ0n) is 8.42. The van der Waals surface area contributed by atoms with Crippen molar-refractivity contribution >= 4 is 45.0 Å². The SMILES string of the molecule is Nc1nc(Cl)cc(Nc2c(F)cccc2Br)n1. The number of hydrogen-bond acceptors (Lipinski definition) is 4. The average Bonchev–Trinajstić information content (AvgIpc) is 2.22. The fraction of sp³-hybridized carbons (Fsp3) is 0. The van der Waals surface area contributed by atoms with Crippen molar-refractivity contribution in [2.45, 2.75) is 0 Å². The van der Waals surface area contributed by atoms with E-state index in [1.54, 1.807) is 12.1 Å². The van der Waals surface area contributed by atoms with Crippen molar-refractivity contribution in [1.29, 1.82) is 0 Å². The Hall–Kier alpha value is -1.40. The Labute approximate surface area is 110 Å². The van der Waals surface area contributed by atoms with Gasteiger partial charge in [-0.3, -0.25) is 0 Å². The molecule has 2 aromatic rings. The fourth-order valence-corrected chi connectivity index (χ4v) is 1.88. The van der Waals surface area contributed by atoms with Crippen LogP contribution in [0.5, 0.6) is 0 Å². The maximum absolute atomic E-state index is 13.5. The lowest BCUT2D eigenvalue weighted by molar-refractivity contribution is 0.631. The molecule has 0 unspecified atom stereocenters. The molecule has 2 rings (SSSR count). The number of nitrogens with two attached hydrogens (primary N) is 1. The second-order valence-electron chi connectivity index (χ2n) is 3.16. The number of aromatic nitrogens is 2. The maximum Gasteiger partial charge on any atom is 0.223 e. The van der Waals surface area contributed by atoms with Crippen LogP contribution < -0.4 is 11.1 Å². The van der Waals surface area contributed by atoms with Gasteiger partial charge in [0.1, 0.15) is 16.8 Å². The monoisotopic (exact) mass is 316 g/mol. The van der Waals surface area contributed by atoms with E-state index in [1.165, 1.54) is 12.1 Å². The third-order valence-electron chi connectivity index (χ3n) is 1.93. The predicted molar refractivity (Wildman–Crippen MR) is 68.8 cm³/mol. The van der Waals surface area contributed by atoms with E-state index >= 15 is 0 Å². The smallest absolute Gasteiger partial charge is 0.223 e. The molecule has 7 heteroatoms. The van der Waals surface area contributed by atoms with Crippen molar-refractivity contribution < 1.29 is 4.39 Å². The summed E-state index contributed by atoms with van der Waals surface area (Å²) < 4.78 is 14.1. The highest BCUT2D eigenvalue weighted by molar-refractivity contribution is 9.10. The molecule has 0 fully saturated rings. The molecular formula is C10H7BrClFN4. The first-order chi connectivity index (χ1) is 8.06. The summed E-state index contributed by atoms with van der Waals surface area (Å²) >= 11 is 8.95. The summed E-state index contributed by atoms with van der Waals surface area (Å²) in [5.74, 6) is -0.0616. The number of halogens is 3. The zero-order valence-corrected chi connectivity index (χ0v) is 10.8. The molecule has 0 aliphatic carbocycles. The standard InChI is InChI=1S/C10H7BrClFN4/c11-5-2-1-3-6(13)9(5)16-8-4-7(12)15-10(14)17-8/h1-4H,(H3,14,15,16,17). The van der Waals surface area contributed by atoms with Gasteiger partial charge >= 0.3 is 0 Å². The lowest BCUT2D eigenvalue weighted by atomic mass is 10.3. The minimum absolute atomic E-state index is 0.0208. The van der Waals surface area contributed by atoms with Crippen LogP contribution in [0.1, 0.15) is 0 Å². The van der Waals surface area contributed by atoms with Crippen LogP contribution in [0.4, 0.5) is 21.8 Å². The van der Waals surface area contributed by atoms with Crippen LogP contribution in [0.25, 0.3) is 0 Å². The van der Waals surface area contributed by atoms with Crippen LogP contribution in [-0.4, -0.2) is 9.97 Å². The minimum atomic E-state index is -0.410. The highest BCUT2D eigenvalue weighted by Crippen LogP contribution is 2.28. The molecule has 0 atom stereocenters. The second kappa shape index (κ2) is 4.85. The zero-order chi connectivity index (χ0) is 12.4. The number of nitrogens with zero attached hydrogens (tertiary/aromatic N) is 2. The summed E-state index contributed by atoms with van der Waals surface area (Å²) in [4.78, 5) is 7.60. The van der Waals surface area contributed by atoms with Gasteiger partial charge in [0.15, 0.2) is 0 Å². The normalized spacial score (nSPS) is 10.3. The Kier molecular flexibility index (Phi) is 3.44. The summed E-state index contributed by atoms with van der Waals surface area (Å²) in [6.45, 7) is 0. The van der Waals surface area contributed by atoms with Gasteiger partial charge in [-0.15, -0.1) is 0 Å². The van der Waals surface area contributed by atoms with Gasteiger partial charge in [-0.05, 0) is 28.1 Å². The third kappa shape index (κ3) is 2.83. The van der Waals surface area contributed by atoms with Crippen LogP contribution in [-0.2, 0) is 0 Å². The van der Waals surface area contributed by atoms with E-state index in [9.17, 15) is 4.39 Å². The molecular weight excluding hydrogens is 310 g/mol. The summed E-state index contributed by atoms with van der Waals surface area (Å²) in [5, 5.41) is 2.97. The molecule has 0 saturated heterocycles. The quantitative estimate of drug-likeness (QED) is 0.834. The maximum atomic E-state index is 13.5. The van der Waals surface area contributed by atoms with Crippen molar-refractivity contribution in [3.8, 4) is 0 Å². The van der Waals surface area contributed by atoms with Gasteiger partial charge in [0.2, 0.25) is 5.95 Å². The van der Waals surface area contributed by atoms with E-state index in [-0.39, 0.29) is 16.8 Å². The molecule has 4 nitrogen and oxygen atoms in total. The lowest BCUT2D eigenvalue weighted by Crippen LogP contribution is -2.01. The molecule has 88 valence electrons. The Balaban J connectivity index is 2.38. The fourth-order valence-electron chi connectivity index (χ4n) is 1.24. The molecule has 1 aromatic heterocycles. The largest absolute Gasteiger partial charge is 0.368 e. The molecule has 3 N–H and O–H groups in total. The van der Waals surface area contributed by atoms with Crippen LogP contribution in [0, 0.1) is 5.82 Å². The number of rotatable bonds is 2. The van der Waals surface area contributed by atoms with Gasteiger partial charge in [-0.25, -0.2) is 9.37 Å². The Morgan fingerprint density at radius 2 is 2.12 bits per heavy atom. The van der Waals surface area contributed by atoms with Crippen molar-refractivity contribution in [1.82, 2.24) is 9.97 Å². The van der Waals surface area contributed by atoms with E-state index in [0.29, 0.717) is 10.3 Å². The minimum Gasteiger partial charge on any atom is -0.368 e. The van der Waals surface area contributed by atoms with Gasteiger partial charge in [-0.1, -0.05) is 17.7 Å². The summed E-state index contributed by atoms with van der Waals surface area (Å²) in [5.41, 5.74) is 5.70. The lowest BCUT2D eigenvalue weighted by Gasteiger charge is -2.09. The van der Waals surface area contributed by atoms with Crippen LogP contribution in [0.15, 0.2) is 28.7 Å².